The lowest BCUT2D eigenvalue weighted by atomic mass is 9.98. The number of esters is 2. The summed E-state index contributed by atoms with van der Waals surface area (Å²) in [5.74, 6) is -0.787. The number of rotatable bonds is 5. The van der Waals surface area contributed by atoms with Crippen molar-refractivity contribution in [2.75, 3.05) is 7.11 Å². The predicted octanol–water partition coefficient (Wildman–Crippen LogP) is 2.58. The zero-order chi connectivity index (χ0) is 15.5. The topological polar surface area (TPSA) is 72.8 Å². The Morgan fingerprint density at radius 3 is 2.67 bits per heavy atom. The Morgan fingerprint density at radius 1 is 1.38 bits per heavy atom. The summed E-state index contributed by atoms with van der Waals surface area (Å²) in [6.45, 7) is 1.99. The van der Waals surface area contributed by atoms with Crippen LogP contribution in [0.1, 0.15) is 52.2 Å². The summed E-state index contributed by atoms with van der Waals surface area (Å²) < 4.78 is 9.88. The van der Waals surface area contributed by atoms with Crippen molar-refractivity contribution in [2.24, 2.45) is 0 Å². The van der Waals surface area contributed by atoms with Crippen LogP contribution in [0.25, 0.3) is 0 Å². The minimum Gasteiger partial charge on any atom is -0.465 e. The van der Waals surface area contributed by atoms with E-state index in [0.717, 1.165) is 23.3 Å². The van der Waals surface area contributed by atoms with E-state index in [0.29, 0.717) is 17.7 Å². The van der Waals surface area contributed by atoms with Crippen LogP contribution in [0.4, 0.5) is 0 Å². The third-order valence-corrected chi connectivity index (χ3v) is 4.88. The number of methoxy groups -OCH3 is 1. The highest BCUT2D eigenvalue weighted by atomic mass is 32.1. The molecule has 1 aromatic rings. The highest BCUT2D eigenvalue weighted by Crippen LogP contribution is 2.32. The van der Waals surface area contributed by atoms with Crippen molar-refractivity contribution < 1.29 is 24.2 Å². The molecule has 21 heavy (non-hydrogen) atoms. The molecule has 0 aromatic carbocycles. The van der Waals surface area contributed by atoms with E-state index in [1.165, 1.54) is 18.4 Å². The van der Waals surface area contributed by atoms with Crippen molar-refractivity contribution in [3.05, 3.63) is 21.4 Å². The molecule has 116 valence electrons. The van der Waals surface area contributed by atoms with Gasteiger partial charge in [0, 0.05) is 10.4 Å². The molecule has 1 fully saturated rings. The molecule has 0 saturated heterocycles. The van der Waals surface area contributed by atoms with Crippen LogP contribution in [0, 0.1) is 6.92 Å². The largest absolute Gasteiger partial charge is 0.465 e. The van der Waals surface area contributed by atoms with Crippen molar-refractivity contribution in [1.29, 1.82) is 0 Å². The summed E-state index contributed by atoms with van der Waals surface area (Å²) >= 11 is 1.32. The third-order valence-electron chi connectivity index (χ3n) is 3.80. The predicted molar refractivity (Wildman–Crippen MR) is 78.2 cm³/mol. The zero-order valence-electron chi connectivity index (χ0n) is 12.3. The van der Waals surface area contributed by atoms with Gasteiger partial charge in [-0.05, 0) is 25.8 Å². The van der Waals surface area contributed by atoms with Gasteiger partial charge in [-0.15, -0.1) is 11.3 Å². The molecule has 0 aliphatic heterocycles. The Morgan fingerprint density at radius 2 is 2.05 bits per heavy atom. The van der Waals surface area contributed by atoms with E-state index in [9.17, 15) is 14.7 Å². The molecule has 1 saturated carbocycles. The molecule has 0 unspecified atom stereocenters. The number of carbonyl (C=O) groups excluding carboxylic acids is 2. The van der Waals surface area contributed by atoms with Gasteiger partial charge in [0.25, 0.3) is 0 Å². The van der Waals surface area contributed by atoms with Crippen LogP contribution in [-0.4, -0.2) is 29.8 Å². The molecule has 1 aromatic heterocycles. The lowest BCUT2D eigenvalue weighted by molar-refractivity contribution is -0.150. The number of hydrogen-bond acceptors (Lipinski definition) is 6. The van der Waals surface area contributed by atoms with Gasteiger partial charge < -0.3 is 14.6 Å². The summed E-state index contributed by atoms with van der Waals surface area (Å²) in [7, 11) is 1.33. The molecular formula is C15H20O5S. The number of aryl methyl sites for hydroxylation is 1. The number of carbonyl (C=O) groups is 2. The second-order valence-electron chi connectivity index (χ2n) is 5.45. The molecule has 5 nitrogen and oxygen atoms in total. The van der Waals surface area contributed by atoms with Gasteiger partial charge in [-0.1, -0.05) is 12.8 Å². The molecule has 0 bridgehead atoms. The summed E-state index contributed by atoms with van der Waals surface area (Å²) in [6.07, 6.45) is 3.27. The number of thiophene rings is 1. The molecule has 1 aliphatic rings. The molecule has 1 heterocycles. The van der Waals surface area contributed by atoms with E-state index in [1.54, 1.807) is 6.07 Å². The fraction of sp³-hybridized carbons (Fsp3) is 0.600. The van der Waals surface area contributed by atoms with Crippen LogP contribution in [0.3, 0.4) is 0 Å². The van der Waals surface area contributed by atoms with E-state index in [4.69, 9.17) is 4.74 Å². The fourth-order valence-corrected chi connectivity index (χ4v) is 3.50. The highest BCUT2D eigenvalue weighted by Gasteiger charge is 2.34. The number of hydrogen-bond donors (Lipinski definition) is 1. The molecule has 1 aliphatic carbocycles. The van der Waals surface area contributed by atoms with Crippen LogP contribution in [0.2, 0.25) is 0 Å². The Hall–Kier alpha value is -1.40. The first-order chi connectivity index (χ1) is 9.93. The standard InChI is InChI=1S/C15H20O5S/c1-10-11(7-12(21-10)14(17)19-2)9-20-13(16)8-15(18)5-3-4-6-15/h7,18H,3-6,8-9H2,1-2H3. The van der Waals surface area contributed by atoms with Crippen molar-refractivity contribution in [3.8, 4) is 0 Å². The fourth-order valence-electron chi connectivity index (χ4n) is 2.55. The maximum atomic E-state index is 11.8. The van der Waals surface area contributed by atoms with E-state index in [-0.39, 0.29) is 19.0 Å². The van der Waals surface area contributed by atoms with Crippen molar-refractivity contribution in [1.82, 2.24) is 0 Å². The van der Waals surface area contributed by atoms with E-state index in [1.807, 2.05) is 6.92 Å². The first-order valence-electron chi connectivity index (χ1n) is 6.99. The SMILES string of the molecule is COC(=O)c1cc(COC(=O)CC2(O)CCCC2)c(C)s1. The van der Waals surface area contributed by atoms with Gasteiger partial charge in [0.1, 0.15) is 11.5 Å². The third kappa shape index (κ3) is 4.04. The molecule has 0 spiro atoms. The van der Waals surface area contributed by atoms with Crippen LogP contribution in [0.15, 0.2) is 6.07 Å². The lowest BCUT2D eigenvalue weighted by Gasteiger charge is -2.20. The average molecular weight is 312 g/mol. The molecule has 0 atom stereocenters. The van der Waals surface area contributed by atoms with Gasteiger partial charge in [-0.3, -0.25) is 4.79 Å². The lowest BCUT2D eigenvalue weighted by Crippen LogP contribution is -2.28. The van der Waals surface area contributed by atoms with Crippen molar-refractivity contribution >= 4 is 23.3 Å². The quantitative estimate of drug-likeness (QED) is 0.846. The van der Waals surface area contributed by atoms with Crippen LogP contribution in [0.5, 0.6) is 0 Å². The second kappa shape index (κ2) is 6.58. The summed E-state index contributed by atoms with van der Waals surface area (Å²) in [4.78, 5) is 24.7. The monoisotopic (exact) mass is 312 g/mol. The van der Waals surface area contributed by atoms with Crippen LogP contribution >= 0.6 is 11.3 Å². The van der Waals surface area contributed by atoms with Crippen molar-refractivity contribution in [2.45, 2.75) is 51.2 Å². The van der Waals surface area contributed by atoms with E-state index in [2.05, 4.69) is 4.74 Å². The summed E-state index contributed by atoms with van der Waals surface area (Å²) in [5.41, 5.74) is -0.0926. The maximum absolute atomic E-state index is 11.8. The van der Waals surface area contributed by atoms with Crippen molar-refractivity contribution in [3.63, 3.8) is 0 Å². The molecule has 0 amide bonds. The normalized spacial score (nSPS) is 16.7. The first kappa shape index (κ1) is 16.0. The number of aliphatic hydroxyl groups is 1. The molecule has 0 radical (unpaired) electrons. The first-order valence-corrected chi connectivity index (χ1v) is 7.81. The molecule has 6 heteroatoms. The summed E-state index contributed by atoms with van der Waals surface area (Å²) in [5, 5.41) is 10.2. The van der Waals surface area contributed by atoms with E-state index < -0.39 is 11.6 Å². The van der Waals surface area contributed by atoms with Crippen LogP contribution in [-0.2, 0) is 20.9 Å². The second-order valence-corrected chi connectivity index (χ2v) is 6.71. The summed E-state index contributed by atoms with van der Waals surface area (Å²) in [6, 6.07) is 1.68. The molecule has 1 N–H and O–H groups in total. The molecular weight excluding hydrogens is 292 g/mol. The Kier molecular flexibility index (Phi) is 5.00. The van der Waals surface area contributed by atoms with E-state index >= 15 is 0 Å². The smallest absolute Gasteiger partial charge is 0.348 e. The van der Waals surface area contributed by atoms with Crippen LogP contribution < -0.4 is 0 Å². The Labute approximate surface area is 127 Å². The minimum absolute atomic E-state index is 0.0417. The van der Waals surface area contributed by atoms with Gasteiger partial charge in [0.05, 0.1) is 19.1 Å². The highest BCUT2D eigenvalue weighted by molar-refractivity contribution is 7.14. The average Bonchev–Trinajstić information content (AvgIpc) is 3.02. The Bertz CT molecular complexity index is 528. The molecule has 2 rings (SSSR count). The maximum Gasteiger partial charge on any atom is 0.348 e. The van der Waals surface area contributed by atoms with Gasteiger partial charge in [0.15, 0.2) is 0 Å². The minimum atomic E-state index is -0.891. The van der Waals surface area contributed by atoms with Gasteiger partial charge >= 0.3 is 11.9 Å². The number of ether oxygens (including phenoxy) is 2. The van der Waals surface area contributed by atoms with Gasteiger partial charge in [-0.2, -0.15) is 0 Å². The van der Waals surface area contributed by atoms with Gasteiger partial charge in [0.2, 0.25) is 0 Å². The Balaban J connectivity index is 1.89. The van der Waals surface area contributed by atoms with Gasteiger partial charge in [-0.25, -0.2) is 4.79 Å². The zero-order valence-corrected chi connectivity index (χ0v) is 13.1.